The quantitative estimate of drug-likeness (QED) is 0.618. The van der Waals surface area contributed by atoms with Crippen LogP contribution in [0.3, 0.4) is 0 Å². The van der Waals surface area contributed by atoms with Gasteiger partial charge in [0.15, 0.2) is 0 Å². The summed E-state index contributed by atoms with van der Waals surface area (Å²) in [5.74, 6) is -2.73. The van der Waals surface area contributed by atoms with E-state index in [9.17, 15) is 22.4 Å². The summed E-state index contributed by atoms with van der Waals surface area (Å²) in [5.41, 5.74) is 1.59. The maximum absolute atomic E-state index is 13.0. The van der Waals surface area contributed by atoms with Gasteiger partial charge in [0.1, 0.15) is 5.82 Å². The molecule has 2 aliphatic rings. The molecule has 1 aromatic heterocycles. The molecule has 1 amide bonds. The van der Waals surface area contributed by atoms with Crippen LogP contribution in [0.1, 0.15) is 40.9 Å². The molecule has 0 bridgehead atoms. The van der Waals surface area contributed by atoms with E-state index in [1.807, 2.05) is 34.5 Å². The predicted octanol–water partition coefficient (Wildman–Crippen LogP) is 5.04. The standard InChI is InChI=1S/C21H25FN2OS.C2HF3O2/c22-18-5-3-17(4-6-18)16-23-11-7-21(8-12-23)9-13-24(14-10-21)20(25)19-2-1-15-26-19;3-2(4,5)1(6)7/h1-6,15H,7-14,16H2;(H,6,7). The topological polar surface area (TPSA) is 60.9 Å². The summed E-state index contributed by atoms with van der Waals surface area (Å²) in [4.78, 5) is 26.8. The number of piperidine rings is 2. The van der Waals surface area contributed by atoms with E-state index in [-0.39, 0.29) is 11.7 Å². The first-order valence-electron chi connectivity index (χ1n) is 10.7. The van der Waals surface area contributed by atoms with Gasteiger partial charge >= 0.3 is 12.1 Å². The zero-order valence-corrected chi connectivity index (χ0v) is 18.8. The molecule has 0 radical (unpaired) electrons. The monoisotopic (exact) mass is 486 g/mol. The second-order valence-corrected chi connectivity index (χ2v) is 9.42. The van der Waals surface area contributed by atoms with Gasteiger partial charge in [0.25, 0.3) is 5.91 Å². The lowest BCUT2D eigenvalue weighted by molar-refractivity contribution is -0.192. The van der Waals surface area contributed by atoms with E-state index in [0.717, 1.165) is 50.4 Å². The minimum absolute atomic E-state index is 0.171. The van der Waals surface area contributed by atoms with E-state index in [1.165, 1.54) is 29.7 Å². The summed E-state index contributed by atoms with van der Waals surface area (Å²) in [7, 11) is 0. The molecular weight excluding hydrogens is 460 g/mol. The van der Waals surface area contributed by atoms with Crippen LogP contribution in [-0.2, 0) is 11.3 Å². The molecule has 0 saturated carbocycles. The van der Waals surface area contributed by atoms with Crippen LogP contribution < -0.4 is 0 Å². The van der Waals surface area contributed by atoms with Crippen molar-refractivity contribution in [1.29, 1.82) is 0 Å². The number of nitrogens with zero attached hydrogens (tertiary/aromatic N) is 2. The van der Waals surface area contributed by atoms with Crippen molar-refractivity contribution in [2.45, 2.75) is 38.4 Å². The summed E-state index contributed by atoms with van der Waals surface area (Å²) in [6, 6.07) is 10.7. The van der Waals surface area contributed by atoms with E-state index in [4.69, 9.17) is 9.90 Å². The first-order chi connectivity index (χ1) is 15.6. The smallest absolute Gasteiger partial charge is 0.475 e. The average molecular weight is 487 g/mol. The van der Waals surface area contributed by atoms with Gasteiger partial charge in [0, 0.05) is 19.6 Å². The van der Waals surface area contributed by atoms with Gasteiger partial charge < -0.3 is 10.0 Å². The van der Waals surface area contributed by atoms with Crippen LogP contribution in [0, 0.1) is 11.2 Å². The third-order valence-corrected chi connectivity index (χ3v) is 7.18. The molecule has 33 heavy (non-hydrogen) atoms. The van der Waals surface area contributed by atoms with Gasteiger partial charge in [0.2, 0.25) is 0 Å². The normalized spacial score (nSPS) is 18.5. The summed E-state index contributed by atoms with van der Waals surface area (Å²) >= 11 is 1.53. The fourth-order valence-corrected chi connectivity index (χ4v) is 4.96. The molecule has 2 aromatic rings. The molecule has 180 valence electrons. The lowest BCUT2D eigenvalue weighted by Gasteiger charge is -2.47. The number of hydrogen-bond donors (Lipinski definition) is 1. The van der Waals surface area contributed by atoms with Crippen molar-refractivity contribution in [3.63, 3.8) is 0 Å². The van der Waals surface area contributed by atoms with Crippen molar-refractivity contribution < 1.29 is 32.3 Å². The second-order valence-electron chi connectivity index (χ2n) is 8.48. The number of carbonyl (C=O) groups is 2. The highest BCUT2D eigenvalue weighted by molar-refractivity contribution is 7.12. The molecule has 1 aromatic carbocycles. The number of carboxylic acid groups (broad SMARTS) is 1. The number of thiophene rings is 1. The maximum Gasteiger partial charge on any atom is 0.490 e. The Balaban J connectivity index is 0.000000383. The number of carbonyl (C=O) groups excluding carboxylic acids is 1. The molecule has 3 heterocycles. The SMILES string of the molecule is O=C(O)C(F)(F)F.O=C(c1cccs1)N1CCC2(CCN(Cc3ccc(F)cc3)CC2)CC1. The summed E-state index contributed by atoms with van der Waals surface area (Å²) in [6.45, 7) is 4.86. The Bertz CT molecular complexity index is 914. The summed E-state index contributed by atoms with van der Waals surface area (Å²) in [5, 5.41) is 9.09. The fourth-order valence-electron chi connectivity index (χ4n) is 4.27. The Hall–Kier alpha value is -2.46. The predicted molar refractivity (Wildman–Crippen MR) is 116 cm³/mol. The lowest BCUT2D eigenvalue weighted by Crippen LogP contribution is -2.48. The minimum Gasteiger partial charge on any atom is -0.475 e. The Morgan fingerprint density at radius 1 is 0.970 bits per heavy atom. The maximum atomic E-state index is 13.0. The lowest BCUT2D eigenvalue weighted by atomic mass is 9.71. The van der Waals surface area contributed by atoms with Crippen molar-refractivity contribution in [1.82, 2.24) is 9.80 Å². The van der Waals surface area contributed by atoms with E-state index in [0.29, 0.717) is 5.41 Å². The van der Waals surface area contributed by atoms with Crippen molar-refractivity contribution in [3.8, 4) is 0 Å². The molecule has 4 rings (SSSR count). The molecule has 0 aliphatic carbocycles. The molecule has 5 nitrogen and oxygen atoms in total. The van der Waals surface area contributed by atoms with Crippen LogP contribution in [0.5, 0.6) is 0 Å². The van der Waals surface area contributed by atoms with Gasteiger partial charge in [-0.1, -0.05) is 18.2 Å². The van der Waals surface area contributed by atoms with Crippen LogP contribution in [0.15, 0.2) is 41.8 Å². The zero-order valence-electron chi connectivity index (χ0n) is 18.0. The number of hydrogen-bond acceptors (Lipinski definition) is 4. The Morgan fingerprint density at radius 2 is 1.52 bits per heavy atom. The number of alkyl halides is 3. The number of halogens is 4. The minimum atomic E-state index is -5.08. The van der Waals surface area contributed by atoms with Crippen LogP contribution in [0.4, 0.5) is 17.6 Å². The zero-order chi connectivity index (χ0) is 24.1. The number of amides is 1. The van der Waals surface area contributed by atoms with Gasteiger partial charge in [0.05, 0.1) is 4.88 Å². The van der Waals surface area contributed by atoms with Gasteiger partial charge in [-0.3, -0.25) is 9.69 Å². The highest BCUT2D eigenvalue weighted by Gasteiger charge is 2.39. The number of likely N-dealkylation sites (tertiary alicyclic amines) is 2. The third-order valence-electron chi connectivity index (χ3n) is 6.32. The molecule has 2 aliphatic heterocycles. The van der Waals surface area contributed by atoms with Crippen LogP contribution in [0.2, 0.25) is 0 Å². The first kappa shape index (κ1) is 25.2. The van der Waals surface area contributed by atoms with E-state index in [1.54, 1.807) is 12.1 Å². The van der Waals surface area contributed by atoms with Gasteiger partial charge in [-0.2, -0.15) is 13.2 Å². The third kappa shape index (κ3) is 7.01. The highest BCUT2D eigenvalue weighted by Crippen LogP contribution is 2.41. The van der Waals surface area contributed by atoms with Gasteiger partial charge in [-0.15, -0.1) is 11.3 Å². The number of aliphatic carboxylic acids is 1. The molecule has 1 N–H and O–H groups in total. The van der Waals surface area contributed by atoms with Crippen molar-refractivity contribution in [3.05, 3.63) is 58.0 Å². The molecule has 0 unspecified atom stereocenters. The Kier molecular flexibility index (Phi) is 8.12. The Labute approximate surface area is 193 Å². The number of benzene rings is 1. The van der Waals surface area contributed by atoms with Crippen molar-refractivity contribution in [2.75, 3.05) is 26.2 Å². The van der Waals surface area contributed by atoms with Gasteiger partial charge in [-0.25, -0.2) is 9.18 Å². The van der Waals surface area contributed by atoms with Crippen molar-refractivity contribution in [2.24, 2.45) is 5.41 Å². The van der Waals surface area contributed by atoms with E-state index < -0.39 is 12.1 Å². The highest BCUT2D eigenvalue weighted by atomic mass is 32.1. The van der Waals surface area contributed by atoms with Gasteiger partial charge in [-0.05, 0) is 73.3 Å². The van der Waals surface area contributed by atoms with E-state index in [2.05, 4.69) is 4.90 Å². The molecule has 0 atom stereocenters. The number of rotatable bonds is 3. The summed E-state index contributed by atoms with van der Waals surface area (Å²) < 4.78 is 44.8. The summed E-state index contributed by atoms with van der Waals surface area (Å²) in [6.07, 6.45) is -0.437. The largest absolute Gasteiger partial charge is 0.490 e. The van der Waals surface area contributed by atoms with Crippen molar-refractivity contribution >= 4 is 23.2 Å². The van der Waals surface area contributed by atoms with Crippen LogP contribution in [0.25, 0.3) is 0 Å². The average Bonchev–Trinajstić information content (AvgIpc) is 3.32. The number of carboxylic acids is 1. The molecule has 1 spiro atoms. The fraction of sp³-hybridized carbons (Fsp3) is 0.478. The second kappa shape index (κ2) is 10.6. The Morgan fingerprint density at radius 3 is 2.00 bits per heavy atom. The van der Waals surface area contributed by atoms with Crippen LogP contribution >= 0.6 is 11.3 Å². The molecule has 2 fully saturated rings. The van der Waals surface area contributed by atoms with E-state index >= 15 is 0 Å². The molecule has 2 saturated heterocycles. The first-order valence-corrected chi connectivity index (χ1v) is 11.6. The van der Waals surface area contributed by atoms with Crippen LogP contribution in [-0.4, -0.2) is 59.1 Å². The molecular formula is C23H26F4N2O3S. The molecule has 10 heteroatoms.